The van der Waals surface area contributed by atoms with E-state index in [4.69, 9.17) is 4.74 Å². The molecule has 0 bridgehead atoms. The lowest BCUT2D eigenvalue weighted by Crippen LogP contribution is -2.20. The number of carbonyl (C=O) groups excluding carboxylic acids is 1. The van der Waals surface area contributed by atoms with Crippen LogP contribution in [0.1, 0.15) is 27.4 Å². The van der Waals surface area contributed by atoms with E-state index in [0.717, 1.165) is 33.7 Å². The van der Waals surface area contributed by atoms with E-state index in [0.29, 0.717) is 24.4 Å². The Morgan fingerprint density at radius 1 is 1.21 bits per heavy atom. The summed E-state index contributed by atoms with van der Waals surface area (Å²) in [5.41, 5.74) is 5.59. The molecule has 1 aromatic carbocycles. The third-order valence-electron chi connectivity index (χ3n) is 5.70. The molecular formula is C24H27FN6O2. The van der Waals surface area contributed by atoms with Crippen LogP contribution in [0, 0.1) is 12.7 Å². The topological polar surface area (TPSA) is 85.5 Å². The van der Waals surface area contributed by atoms with E-state index >= 15 is 0 Å². The van der Waals surface area contributed by atoms with E-state index in [-0.39, 0.29) is 18.3 Å². The molecular weight excluding hydrogens is 423 g/mol. The Labute approximate surface area is 191 Å². The molecule has 33 heavy (non-hydrogen) atoms. The smallest absolute Gasteiger partial charge is 0.271 e. The second kappa shape index (κ2) is 9.41. The van der Waals surface area contributed by atoms with Crippen LogP contribution in [-0.4, -0.2) is 45.8 Å². The molecule has 4 aromatic rings. The molecule has 3 heterocycles. The van der Waals surface area contributed by atoms with Crippen LogP contribution >= 0.6 is 0 Å². The number of aromatic nitrogens is 4. The normalized spacial score (nSPS) is 11.2. The van der Waals surface area contributed by atoms with Crippen molar-refractivity contribution in [2.45, 2.75) is 19.9 Å². The minimum atomic E-state index is -0.378. The molecule has 0 aliphatic heterocycles. The summed E-state index contributed by atoms with van der Waals surface area (Å²) in [7, 11) is 5.25. The number of nitrogens with zero attached hydrogens (tertiary/aromatic N) is 4. The highest BCUT2D eigenvalue weighted by molar-refractivity contribution is 5.93. The van der Waals surface area contributed by atoms with Gasteiger partial charge in [0.2, 0.25) is 0 Å². The fraction of sp³-hybridized carbons (Fsp3) is 0.292. The Hall–Kier alpha value is -3.72. The van der Waals surface area contributed by atoms with Crippen LogP contribution in [0.4, 0.5) is 4.39 Å². The predicted octanol–water partition coefficient (Wildman–Crippen LogP) is 2.88. The Kier molecular flexibility index (Phi) is 6.41. The van der Waals surface area contributed by atoms with E-state index < -0.39 is 0 Å². The molecule has 0 aliphatic rings. The molecule has 0 aliphatic carbocycles. The fourth-order valence-corrected chi connectivity index (χ4v) is 3.87. The van der Waals surface area contributed by atoms with Gasteiger partial charge in [-0.15, -0.1) is 0 Å². The van der Waals surface area contributed by atoms with Crippen LogP contribution in [0.3, 0.4) is 0 Å². The monoisotopic (exact) mass is 450 g/mol. The molecule has 8 nitrogen and oxygen atoms in total. The number of pyridine rings is 1. The van der Waals surface area contributed by atoms with Crippen molar-refractivity contribution in [3.05, 3.63) is 71.2 Å². The van der Waals surface area contributed by atoms with Gasteiger partial charge in [-0.2, -0.15) is 5.10 Å². The number of hydrogen-bond donors (Lipinski definition) is 2. The SMILES string of the molecule is CNCc1cnc2ccc(-c3ccc(F)cc3OCCc3c(C(=O)NC)nn(C)c3C)cn12. The van der Waals surface area contributed by atoms with Crippen LogP contribution in [0.25, 0.3) is 16.8 Å². The lowest BCUT2D eigenvalue weighted by atomic mass is 10.1. The molecule has 172 valence electrons. The van der Waals surface area contributed by atoms with E-state index in [2.05, 4.69) is 20.7 Å². The van der Waals surface area contributed by atoms with Crippen molar-refractivity contribution in [3.8, 4) is 16.9 Å². The summed E-state index contributed by atoms with van der Waals surface area (Å²) >= 11 is 0. The first-order chi connectivity index (χ1) is 15.9. The Morgan fingerprint density at radius 3 is 2.79 bits per heavy atom. The quantitative estimate of drug-likeness (QED) is 0.431. The summed E-state index contributed by atoms with van der Waals surface area (Å²) in [5, 5.41) is 10.1. The largest absolute Gasteiger partial charge is 0.492 e. The highest BCUT2D eigenvalue weighted by atomic mass is 19.1. The van der Waals surface area contributed by atoms with Crippen LogP contribution < -0.4 is 15.4 Å². The molecule has 0 unspecified atom stereocenters. The summed E-state index contributed by atoms with van der Waals surface area (Å²) in [6.07, 6.45) is 4.27. The van der Waals surface area contributed by atoms with E-state index in [1.165, 1.54) is 12.1 Å². The molecule has 1 amide bonds. The summed E-state index contributed by atoms with van der Waals surface area (Å²) in [6.45, 7) is 2.85. The van der Waals surface area contributed by atoms with Crippen molar-refractivity contribution < 1.29 is 13.9 Å². The molecule has 0 saturated heterocycles. The van der Waals surface area contributed by atoms with E-state index in [1.54, 1.807) is 24.8 Å². The number of fused-ring (bicyclic) bond motifs is 1. The molecule has 0 saturated carbocycles. The summed E-state index contributed by atoms with van der Waals surface area (Å²) < 4.78 is 23.8. The van der Waals surface area contributed by atoms with Gasteiger partial charge in [-0.1, -0.05) is 0 Å². The van der Waals surface area contributed by atoms with Crippen molar-refractivity contribution in [3.63, 3.8) is 0 Å². The standard InChI is InChI=1S/C24H27FN6O2/c1-15-19(23(24(32)27-3)29-30(15)4)9-10-33-21-11-17(25)6-7-20(21)16-5-8-22-28-13-18(12-26-2)31(22)14-16/h5-8,11,13-14,26H,9-10,12H2,1-4H3,(H,27,32). The highest BCUT2D eigenvalue weighted by Crippen LogP contribution is 2.31. The lowest BCUT2D eigenvalue weighted by molar-refractivity contribution is 0.0956. The number of hydrogen-bond acceptors (Lipinski definition) is 5. The maximum absolute atomic E-state index is 14.1. The molecule has 4 rings (SSSR count). The first-order valence-corrected chi connectivity index (χ1v) is 10.7. The maximum Gasteiger partial charge on any atom is 0.271 e. The number of aryl methyl sites for hydroxylation is 1. The molecule has 0 spiro atoms. The zero-order valence-electron chi connectivity index (χ0n) is 19.1. The minimum Gasteiger partial charge on any atom is -0.492 e. The van der Waals surface area contributed by atoms with E-state index in [1.807, 2.05) is 42.9 Å². The average Bonchev–Trinajstić information content (AvgIpc) is 3.34. The fourth-order valence-electron chi connectivity index (χ4n) is 3.87. The average molecular weight is 451 g/mol. The molecule has 0 atom stereocenters. The number of imidazole rings is 1. The second-order valence-electron chi connectivity index (χ2n) is 7.78. The van der Waals surface area contributed by atoms with Gasteiger partial charge >= 0.3 is 0 Å². The molecule has 0 fully saturated rings. The molecule has 9 heteroatoms. The van der Waals surface area contributed by atoms with Gasteiger partial charge < -0.3 is 19.8 Å². The number of rotatable bonds is 8. The minimum absolute atomic E-state index is 0.244. The first kappa shape index (κ1) is 22.5. The van der Waals surface area contributed by atoms with Crippen molar-refractivity contribution in [2.24, 2.45) is 7.05 Å². The van der Waals surface area contributed by atoms with Gasteiger partial charge in [0.1, 0.15) is 17.2 Å². The number of carbonyl (C=O) groups is 1. The number of amides is 1. The van der Waals surface area contributed by atoms with Gasteiger partial charge in [0.15, 0.2) is 5.69 Å². The van der Waals surface area contributed by atoms with E-state index in [9.17, 15) is 9.18 Å². The number of halogens is 1. The third-order valence-corrected chi connectivity index (χ3v) is 5.70. The maximum atomic E-state index is 14.1. The number of nitrogens with one attached hydrogen (secondary N) is 2. The zero-order valence-corrected chi connectivity index (χ0v) is 19.1. The highest BCUT2D eigenvalue weighted by Gasteiger charge is 2.19. The predicted molar refractivity (Wildman–Crippen MR) is 124 cm³/mol. The van der Waals surface area contributed by atoms with Gasteiger partial charge in [0, 0.05) is 61.7 Å². The summed E-state index contributed by atoms with van der Waals surface area (Å²) in [4.78, 5) is 16.6. The number of benzene rings is 1. The zero-order chi connectivity index (χ0) is 23.5. The summed E-state index contributed by atoms with van der Waals surface area (Å²) in [6, 6.07) is 8.39. The van der Waals surface area contributed by atoms with Gasteiger partial charge in [-0.05, 0) is 38.2 Å². The van der Waals surface area contributed by atoms with Gasteiger partial charge in [0.05, 0.1) is 18.5 Å². The molecule has 2 N–H and O–H groups in total. The van der Waals surface area contributed by atoms with Crippen LogP contribution in [0.15, 0.2) is 42.7 Å². The lowest BCUT2D eigenvalue weighted by Gasteiger charge is -2.13. The second-order valence-corrected chi connectivity index (χ2v) is 7.78. The van der Waals surface area contributed by atoms with Crippen LogP contribution in [0.2, 0.25) is 0 Å². The van der Waals surface area contributed by atoms with Crippen molar-refractivity contribution in [1.29, 1.82) is 0 Å². The van der Waals surface area contributed by atoms with Crippen molar-refractivity contribution >= 4 is 11.6 Å². The molecule has 0 radical (unpaired) electrons. The Balaban J connectivity index is 1.61. The van der Waals surface area contributed by atoms with Crippen LogP contribution in [-0.2, 0) is 20.0 Å². The van der Waals surface area contributed by atoms with Crippen molar-refractivity contribution in [1.82, 2.24) is 29.8 Å². The Morgan fingerprint density at radius 2 is 2.03 bits per heavy atom. The number of ether oxygens (including phenoxy) is 1. The third kappa shape index (κ3) is 4.45. The van der Waals surface area contributed by atoms with Crippen LogP contribution in [0.5, 0.6) is 5.75 Å². The van der Waals surface area contributed by atoms with Crippen molar-refractivity contribution in [2.75, 3.05) is 20.7 Å². The summed E-state index contributed by atoms with van der Waals surface area (Å²) in [5.74, 6) is -0.184. The molecule has 3 aromatic heterocycles. The van der Waals surface area contributed by atoms with Gasteiger partial charge in [-0.25, -0.2) is 9.37 Å². The van der Waals surface area contributed by atoms with Gasteiger partial charge in [-0.3, -0.25) is 9.48 Å². The Bertz CT molecular complexity index is 1310. The van der Waals surface area contributed by atoms with Gasteiger partial charge in [0.25, 0.3) is 5.91 Å². The first-order valence-electron chi connectivity index (χ1n) is 10.7.